The summed E-state index contributed by atoms with van der Waals surface area (Å²) in [5, 5.41) is 28.2. The number of carbonyl (C=O) groups is 2. The van der Waals surface area contributed by atoms with Crippen LogP contribution in [0, 0.1) is 0 Å². The molecule has 0 bridgehead atoms. The zero-order chi connectivity index (χ0) is 21.3. The van der Waals surface area contributed by atoms with Gasteiger partial charge in [-0.05, 0) is 41.0 Å². The Labute approximate surface area is 172 Å². The van der Waals surface area contributed by atoms with Crippen molar-refractivity contribution in [3.05, 3.63) is 95.1 Å². The third-order valence-electron chi connectivity index (χ3n) is 5.10. The standard InChI is InChI=1S/C24H18O6/c25-17-8-6-16(7-9-17)23-22(15-4-1-14(2-5-15)3-12-21(27)28)19-11-10-18(26)13-20(19)30-24(23)29/h1-13,22-23,25-26H,(H,27,28)/b12-3+. The number of aromatic hydroxyl groups is 2. The Morgan fingerprint density at radius 1 is 0.833 bits per heavy atom. The lowest BCUT2D eigenvalue weighted by molar-refractivity contribution is -0.137. The van der Waals surface area contributed by atoms with Gasteiger partial charge < -0.3 is 20.1 Å². The van der Waals surface area contributed by atoms with E-state index in [4.69, 9.17) is 9.84 Å². The SMILES string of the molecule is O=C(O)/C=C/c1ccc(C2c3ccc(O)cc3OC(=O)C2c2ccc(O)cc2)cc1. The number of carboxylic acid groups (broad SMARTS) is 1. The van der Waals surface area contributed by atoms with Crippen molar-refractivity contribution in [3.63, 3.8) is 0 Å². The van der Waals surface area contributed by atoms with Gasteiger partial charge in [0.15, 0.2) is 0 Å². The van der Waals surface area contributed by atoms with Crippen LogP contribution in [0.25, 0.3) is 6.08 Å². The number of hydrogen-bond donors (Lipinski definition) is 3. The molecule has 1 heterocycles. The van der Waals surface area contributed by atoms with Crippen molar-refractivity contribution in [1.29, 1.82) is 0 Å². The maximum Gasteiger partial charge on any atom is 0.328 e. The lowest BCUT2D eigenvalue weighted by Gasteiger charge is -2.32. The van der Waals surface area contributed by atoms with E-state index in [1.54, 1.807) is 36.4 Å². The van der Waals surface area contributed by atoms with E-state index in [0.717, 1.165) is 17.2 Å². The van der Waals surface area contributed by atoms with Crippen LogP contribution in [0.2, 0.25) is 0 Å². The summed E-state index contributed by atoms with van der Waals surface area (Å²) in [7, 11) is 0. The molecule has 3 N–H and O–H groups in total. The smallest absolute Gasteiger partial charge is 0.328 e. The summed E-state index contributed by atoms with van der Waals surface area (Å²) >= 11 is 0. The number of carbonyl (C=O) groups excluding carboxylic acids is 1. The highest BCUT2D eigenvalue weighted by molar-refractivity contribution is 5.86. The minimum Gasteiger partial charge on any atom is -0.508 e. The largest absolute Gasteiger partial charge is 0.508 e. The molecule has 4 rings (SSSR count). The first-order chi connectivity index (χ1) is 14.4. The molecule has 0 radical (unpaired) electrons. The highest BCUT2D eigenvalue weighted by Crippen LogP contribution is 2.47. The van der Waals surface area contributed by atoms with Crippen LogP contribution in [0.3, 0.4) is 0 Å². The summed E-state index contributed by atoms with van der Waals surface area (Å²) in [5.41, 5.74) is 2.99. The summed E-state index contributed by atoms with van der Waals surface area (Å²) in [5.74, 6) is -2.13. The van der Waals surface area contributed by atoms with Gasteiger partial charge in [-0.15, -0.1) is 0 Å². The Bertz CT molecular complexity index is 1130. The molecule has 1 aliphatic heterocycles. The normalized spacial score (nSPS) is 18.1. The van der Waals surface area contributed by atoms with Crippen LogP contribution in [0.1, 0.15) is 34.1 Å². The third kappa shape index (κ3) is 3.75. The molecular weight excluding hydrogens is 384 g/mol. The monoisotopic (exact) mass is 402 g/mol. The minimum atomic E-state index is -1.03. The fraction of sp³-hybridized carbons (Fsp3) is 0.0833. The number of ether oxygens (including phenoxy) is 1. The number of phenolic OH excluding ortho intramolecular Hbond substituents is 2. The molecule has 0 amide bonds. The number of rotatable bonds is 4. The summed E-state index contributed by atoms with van der Waals surface area (Å²) in [6.45, 7) is 0. The van der Waals surface area contributed by atoms with Crippen molar-refractivity contribution in [2.45, 2.75) is 11.8 Å². The second-order valence-electron chi connectivity index (χ2n) is 7.03. The Hall–Kier alpha value is -4.06. The zero-order valence-electron chi connectivity index (χ0n) is 15.7. The second kappa shape index (κ2) is 7.75. The van der Waals surface area contributed by atoms with Crippen molar-refractivity contribution in [2.24, 2.45) is 0 Å². The van der Waals surface area contributed by atoms with E-state index in [-0.39, 0.29) is 17.4 Å². The maximum atomic E-state index is 12.9. The molecular formula is C24H18O6. The number of aliphatic carboxylic acids is 1. The molecule has 1 aliphatic rings. The van der Waals surface area contributed by atoms with Gasteiger partial charge in [-0.1, -0.05) is 42.5 Å². The Kier molecular flexibility index (Phi) is 4.98. The topological polar surface area (TPSA) is 104 Å². The van der Waals surface area contributed by atoms with Crippen LogP contribution in [0.4, 0.5) is 0 Å². The van der Waals surface area contributed by atoms with Gasteiger partial charge in [0, 0.05) is 23.6 Å². The van der Waals surface area contributed by atoms with Gasteiger partial charge in [-0.3, -0.25) is 4.79 Å². The molecule has 2 unspecified atom stereocenters. The van der Waals surface area contributed by atoms with Crippen molar-refractivity contribution < 1.29 is 29.6 Å². The molecule has 3 aromatic rings. The van der Waals surface area contributed by atoms with Gasteiger partial charge >= 0.3 is 11.9 Å². The van der Waals surface area contributed by atoms with Crippen LogP contribution in [-0.4, -0.2) is 27.3 Å². The lowest BCUT2D eigenvalue weighted by atomic mass is 9.75. The van der Waals surface area contributed by atoms with Gasteiger partial charge in [-0.25, -0.2) is 4.79 Å². The number of phenols is 2. The zero-order valence-corrected chi connectivity index (χ0v) is 15.7. The predicted molar refractivity (Wildman–Crippen MR) is 110 cm³/mol. The summed E-state index contributed by atoms with van der Waals surface area (Å²) in [6, 6.07) is 18.3. The molecule has 2 atom stereocenters. The Morgan fingerprint density at radius 3 is 2.10 bits per heavy atom. The number of benzene rings is 3. The average Bonchev–Trinajstić information content (AvgIpc) is 2.72. The summed E-state index contributed by atoms with van der Waals surface area (Å²) in [6.07, 6.45) is 2.55. The van der Waals surface area contributed by atoms with Gasteiger partial charge in [0.1, 0.15) is 17.2 Å². The molecule has 0 fully saturated rings. The quantitative estimate of drug-likeness (QED) is 0.346. The lowest BCUT2D eigenvalue weighted by Crippen LogP contribution is -2.30. The minimum absolute atomic E-state index is 0.00228. The first kappa shape index (κ1) is 19.3. The molecule has 6 nitrogen and oxygen atoms in total. The van der Waals surface area contributed by atoms with Crippen LogP contribution in [-0.2, 0) is 9.59 Å². The van der Waals surface area contributed by atoms with Crippen LogP contribution in [0.15, 0.2) is 72.8 Å². The van der Waals surface area contributed by atoms with E-state index < -0.39 is 17.9 Å². The molecule has 0 aromatic heterocycles. The maximum absolute atomic E-state index is 12.9. The Morgan fingerprint density at radius 2 is 1.43 bits per heavy atom. The number of fused-ring (bicyclic) bond motifs is 1. The summed E-state index contributed by atoms with van der Waals surface area (Å²) in [4.78, 5) is 23.7. The van der Waals surface area contributed by atoms with Gasteiger partial charge in [0.25, 0.3) is 0 Å². The predicted octanol–water partition coefficient (Wildman–Crippen LogP) is 4.03. The molecule has 0 aliphatic carbocycles. The molecule has 30 heavy (non-hydrogen) atoms. The van der Waals surface area contributed by atoms with Crippen LogP contribution < -0.4 is 4.74 Å². The highest BCUT2D eigenvalue weighted by Gasteiger charge is 2.40. The number of esters is 1. The molecule has 150 valence electrons. The fourth-order valence-corrected chi connectivity index (χ4v) is 3.72. The summed E-state index contributed by atoms with van der Waals surface area (Å²) < 4.78 is 5.51. The second-order valence-corrected chi connectivity index (χ2v) is 7.03. The van der Waals surface area contributed by atoms with Crippen LogP contribution in [0.5, 0.6) is 17.2 Å². The molecule has 3 aromatic carbocycles. The van der Waals surface area contributed by atoms with Crippen molar-refractivity contribution in [2.75, 3.05) is 0 Å². The van der Waals surface area contributed by atoms with Gasteiger partial charge in [-0.2, -0.15) is 0 Å². The van der Waals surface area contributed by atoms with Crippen LogP contribution >= 0.6 is 0 Å². The van der Waals surface area contributed by atoms with E-state index in [0.29, 0.717) is 16.9 Å². The molecule has 6 heteroatoms. The highest BCUT2D eigenvalue weighted by atomic mass is 16.5. The molecule has 0 spiro atoms. The fourth-order valence-electron chi connectivity index (χ4n) is 3.72. The molecule has 0 saturated heterocycles. The van der Waals surface area contributed by atoms with Crippen molar-refractivity contribution >= 4 is 18.0 Å². The van der Waals surface area contributed by atoms with E-state index >= 15 is 0 Å². The number of hydrogen-bond acceptors (Lipinski definition) is 5. The van der Waals surface area contributed by atoms with Gasteiger partial charge in [0.2, 0.25) is 0 Å². The van der Waals surface area contributed by atoms with Crippen molar-refractivity contribution in [3.8, 4) is 17.2 Å². The van der Waals surface area contributed by atoms with E-state index in [1.807, 2.05) is 12.1 Å². The van der Waals surface area contributed by atoms with E-state index in [9.17, 15) is 19.8 Å². The first-order valence-electron chi connectivity index (χ1n) is 9.27. The average molecular weight is 402 g/mol. The number of carboxylic acids is 1. The first-order valence-corrected chi connectivity index (χ1v) is 9.27. The van der Waals surface area contributed by atoms with Crippen molar-refractivity contribution in [1.82, 2.24) is 0 Å². The molecule has 0 saturated carbocycles. The van der Waals surface area contributed by atoms with E-state index in [1.165, 1.54) is 24.3 Å². The Balaban J connectivity index is 1.82. The third-order valence-corrected chi connectivity index (χ3v) is 5.10. The van der Waals surface area contributed by atoms with E-state index in [2.05, 4.69) is 0 Å². The van der Waals surface area contributed by atoms with Gasteiger partial charge in [0.05, 0.1) is 5.92 Å².